The molecule has 0 unspecified atom stereocenters. The van der Waals surface area contributed by atoms with Crippen LogP contribution in [0.4, 0.5) is 0 Å². The Bertz CT molecular complexity index is 281. The number of rotatable bonds is 4. The van der Waals surface area contributed by atoms with Crippen LogP contribution in [0.15, 0.2) is 24.8 Å². The van der Waals surface area contributed by atoms with E-state index in [4.69, 9.17) is 0 Å². The molecule has 0 rings (SSSR count). The lowest BCUT2D eigenvalue weighted by Crippen LogP contribution is -2.30. The zero-order valence-electron chi connectivity index (χ0n) is 11.5. The topological polar surface area (TPSA) is 58.2 Å². The highest BCUT2D eigenvalue weighted by molar-refractivity contribution is 5.92. The smallest absolute Gasteiger partial charge is 0.246 e. The summed E-state index contributed by atoms with van der Waals surface area (Å²) in [6.45, 7) is 16.1. The molecule has 0 saturated heterocycles. The molecule has 0 aliphatic heterocycles. The fraction of sp³-hybridized carbons (Fsp3) is 0.538. The van der Waals surface area contributed by atoms with E-state index in [1.807, 2.05) is 27.7 Å². The molecular weight excluding hydrogens is 216 g/mol. The molecule has 0 atom stereocenters. The van der Waals surface area contributed by atoms with E-state index >= 15 is 0 Å². The number of amides is 2. The molecule has 2 amide bonds. The molecule has 0 aliphatic carbocycles. The van der Waals surface area contributed by atoms with Crippen molar-refractivity contribution in [2.75, 3.05) is 0 Å². The molecule has 0 fully saturated rings. The van der Waals surface area contributed by atoms with Gasteiger partial charge < -0.3 is 10.6 Å². The first kappa shape index (κ1) is 17.8. The first-order valence-corrected chi connectivity index (χ1v) is 5.60. The number of hydrogen-bond donors (Lipinski definition) is 2. The molecule has 4 heteroatoms. The Labute approximate surface area is 104 Å². The Morgan fingerprint density at radius 2 is 1.47 bits per heavy atom. The van der Waals surface area contributed by atoms with E-state index in [9.17, 15) is 9.59 Å². The van der Waals surface area contributed by atoms with Crippen LogP contribution in [-0.2, 0) is 9.59 Å². The van der Waals surface area contributed by atoms with Crippen molar-refractivity contribution in [3.63, 3.8) is 0 Å². The molecular formula is C13H24N2O2. The van der Waals surface area contributed by atoms with Crippen molar-refractivity contribution >= 4 is 11.8 Å². The van der Waals surface area contributed by atoms with Crippen molar-refractivity contribution in [3.05, 3.63) is 24.8 Å². The summed E-state index contributed by atoms with van der Waals surface area (Å²) in [5.74, 6) is -0.176. The predicted molar refractivity (Wildman–Crippen MR) is 71.6 cm³/mol. The summed E-state index contributed by atoms with van der Waals surface area (Å²) in [6.07, 6.45) is 1.26. The lowest BCUT2D eigenvalue weighted by molar-refractivity contribution is -0.118. The van der Waals surface area contributed by atoms with Crippen molar-refractivity contribution < 1.29 is 9.59 Å². The number of hydrogen-bond acceptors (Lipinski definition) is 2. The van der Waals surface area contributed by atoms with Crippen LogP contribution in [0.1, 0.15) is 34.6 Å². The monoisotopic (exact) mass is 240 g/mol. The molecule has 0 aromatic heterocycles. The molecule has 0 heterocycles. The van der Waals surface area contributed by atoms with E-state index in [1.54, 1.807) is 6.92 Å². The number of nitrogens with one attached hydrogen (secondary N) is 2. The van der Waals surface area contributed by atoms with Crippen LogP contribution in [0.2, 0.25) is 0 Å². The predicted octanol–water partition coefficient (Wildman–Crippen LogP) is 1.78. The van der Waals surface area contributed by atoms with Gasteiger partial charge in [0.1, 0.15) is 0 Å². The molecule has 0 bridgehead atoms. The third-order valence-corrected chi connectivity index (χ3v) is 1.42. The summed E-state index contributed by atoms with van der Waals surface area (Å²) < 4.78 is 0. The van der Waals surface area contributed by atoms with E-state index < -0.39 is 0 Å². The second kappa shape index (κ2) is 9.63. The van der Waals surface area contributed by atoms with Gasteiger partial charge in [-0.1, -0.05) is 13.2 Å². The third-order valence-electron chi connectivity index (χ3n) is 1.42. The highest BCUT2D eigenvalue weighted by Crippen LogP contribution is 1.87. The Hall–Kier alpha value is -1.58. The van der Waals surface area contributed by atoms with Gasteiger partial charge in [-0.3, -0.25) is 9.59 Å². The average Bonchev–Trinajstić information content (AvgIpc) is 2.16. The van der Waals surface area contributed by atoms with Crippen LogP contribution in [0.5, 0.6) is 0 Å². The lowest BCUT2D eigenvalue weighted by atomic mass is 10.3. The van der Waals surface area contributed by atoms with E-state index in [0.717, 1.165) is 0 Å². The highest BCUT2D eigenvalue weighted by Gasteiger charge is 2.00. The normalized spacial score (nSPS) is 9.12. The largest absolute Gasteiger partial charge is 0.350 e. The average molecular weight is 240 g/mol. The van der Waals surface area contributed by atoms with Gasteiger partial charge in [0.25, 0.3) is 0 Å². The molecule has 2 N–H and O–H groups in total. The minimum absolute atomic E-state index is 0.0648. The lowest BCUT2D eigenvalue weighted by Gasteiger charge is -2.06. The second-order valence-electron chi connectivity index (χ2n) is 4.28. The van der Waals surface area contributed by atoms with Crippen LogP contribution in [0, 0.1) is 0 Å². The molecule has 0 aromatic rings. The SMILES string of the molecule is C=C(C)C(=O)NC(C)C.C=CC(=O)NC(C)C. The Morgan fingerprint density at radius 1 is 1.06 bits per heavy atom. The van der Waals surface area contributed by atoms with E-state index in [-0.39, 0.29) is 23.9 Å². The van der Waals surface area contributed by atoms with Crippen LogP contribution >= 0.6 is 0 Å². The van der Waals surface area contributed by atoms with Gasteiger partial charge in [-0.2, -0.15) is 0 Å². The minimum Gasteiger partial charge on any atom is -0.350 e. The van der Waals surface area contributed by atoms with E-state index in [2.05, 4.69) is 23.8 Å². The second-order valence-corrected chi connectivity index (χ2v) is 4.28. The Kier molecular flexibility index (Phi) is 10.1. The Morgan fingerprint density at radius 3 is 1.59 bits per heavy atom. The first-order chi connectivity index (χ1) is 7.70. The molecule has 0 aromatic carbocycles. The summed E-state index contributed by atoms with van der Waals surface area (Å²) in [5.41, 5.74) is 0.559. The van der Waals surface area contributed by atoms with Gasteiger partial charge in [0.2, 0.25) is 11.8 Å². The fourth-order valence-electron chi connectivity index (χ4n) is 0.729. The standard InChI is InChI=1S/C7H13NO.C6H11NO/c1-5(2)7(9)8-6(3)4;1-4-6(8)7-5(2)3/h6H,1H2,2-4H3,(H,8,9);4-5H,1H2,2-3H3,(H,7,8). The van der Waals surface area contributed by atoms with Gasteiger partial charge in [-0.25, -0.2) is 0 Å². The van der Waals surface area contributed by atoms with Crippen LogP contribution in [-0.4, -0.2) is 23.9 Å². The van der Waals surface area contributed by atoms with E-state index in [1.165, 1.54) is 6.08 Å². The van der Waals surface area contributed by atoms with Crippen LogP contribution in [0.25, 0.3) is 0 Å². The fourth-order valence-corrected chi connectivity index (χ4v) is 0.729. The van der Waals surface area contributed by atoms with Crippen molar-refractivity contribution in [2.45, 2.75) is 46.7 Å². The zero-order valence-corrected chi connectivity index (χ0v) is 11.5. The molecule has 0 spiro atoms. The Balaban J connectivity index is 0. The zero-order chi connectivity index (χ0) is 14.0. The minimum atomic E-state index is -0.111. The summed E-state index contributed by atoms with van der Waals surface area (Å²) in [7, 11) is 0. The number of carbonyl (C=O) groups excluding carboxylic acids is 2. The van der Waals surface area contributed by atoms with Gasteiger partial charge in [-0.15, -0.1) is 0 Å². The van der Waals surface area contributed by atoms with Crippen LogP contribution < -0.4 is 10.6 Å². The molecule has 17 heavy (non-hydrogen) atoms. The highest BCUT2D eigenvalue weighted by atomic mass is 16.2. The summed E-state index contributed by atoms with van der Waals surface area (Å²) in [4.78, 5) is 21.1. The maximum Gasteiger partial charge on any atom is 0.246 e. The first-order valence-electron chi connectivity index (χ1n) is 5.60. The number of carbonyl (C=O) groups is 2. The molecule has 98 valence electrons. The van der Waals surface area contributed by atoms with Gasteiger partial charge in [0, 0.05) is 17.7 Å². The summed E-state index contributed by atoms with van der Waals surface area (Å²) in [6, 6.07) is 0.412. The summed E-state index contributed by atoms with van der Waals surface area (Å²) in [5, 5.41) is 5.34. The van der Waals surface area contributed by atoms with Gasteiger partial charge in [0.15, 0.2) is 0 Å². The maximum absolute atomic E-state index is 10.7. The van der Waals surface area contributed by atoms with E-state index in [0.29, 0.717) is 5.57 Å². The molecule has 4 nitrogen and oxygen atoms in total. The van der Waals surface area contributed by atoms with Gasteiger partial charge in [0.05, 0.1) is 0 Å². The molecule has 0 saturated carbocycles. The maximum atomic E-state index is 10.7. The van der Waals surface area contributed by atoms with Crippen molar-refractivity contribution in [2.24, 2.45) is 0 Å². The van der Waals surface area contributed by atoms with Crippen molar-refractivity contribution in [1.82, 2.24) is 10.6 Å². The van der Waals surface area contributed by atoms with Crippen molar-refractivity contribution in [3.8, 4) is 0 Å². The molecule has 0 radical (unpaired) electrons. The van der Waals surface area contributed by atoms with Gasteiger partial charge in [-0.05, 0) is 40.7 Å². The quantitative estimate of drug-likeness (QED) is 0.736. The molecule has 0 aliphatic rings. The summed E-state index contributed by atoms with van der Waals surface area (Å²) >= 11 is 0. The third kappa shape index (κ3) is 14.4. The van der Waals surface area contributed by atoms with Crippen LogP contribution in [0.3, 0.4) is 0 Å². The van der Waals surface area contributed by atoms with Gasteiger partial charge >= 0.3 is 0 Å². The van der Waals surface area contributed by atoms with Crippen molar-refractivity contribution in [1.29, 1.82) is 0 Å².